The molecule has 1 aromatic rings. The Labute approximate surface area is 110 Å². The van der Waals surface area contributed by atoms with Gasteiger partial charge in [-0.3, -0.25) is 10.1 Å². The van der Waals surface area contributed by atoms with Gasteiger partial charge in [0.05, 0.1) is 6.61 Å². The van der Waals surface area contributed by atoms with Crippen LogP contribution in [0.4, 0.5) is 4.79 Å². The molecular weight excluding hydrogens is 244 g/mol. The van der Waals surface area contributed by atoms with Crippen LogP contribution in [-0.4, -0.2) is 30.2 Å². The monoisotopic (exact) mass is 258 g/mol. The molecule has 0 aromatic heterocycles. The molecule has 19 heavy (non-hydrogen) atoms. The molecule has 5 heteroatoms. The Morgan fingerprint density at radius 2 is 2.05 bits per heavy atom. The van der Waals surface area contributed by atoms with E-state index in [2.05, 4.69) is 10.6 Å². The highest BCUT2D eigenvalue weighted by molar-refractivity contribution is 6.07. The number of amides is 3. The molecule has 1 aliphatic carbocycles. The fourth-order valence-corrected chi connectivity index (χ4v) is 2.81. The van der Waals surface area contributed by atoms with Gasteiger partial charge in [-0.1, -0.05) is 24.3 Å². The normalized spacial score (nSPS) is 25.8. The molecule has 5 nitrogen and oxygen atoms in total. The van der Waals surface area contributed by atoms with E-state index in [4.69, 9.17) is 0 Å². The molecular formula is C14H14N2O3. The van der Waals surface area contributed by atoms with Gasteiger partial charge in [0, 0.05) is 18.0 Å². The Morgan fingerprint density at radius 1 is 1.26 bits per heavy atom. The molecule has 1 atom stereocenters. The van der Waals surface area contributed by atoms with Gasteiger partial charge in [-0.25, -0.2) is 4.79 Å². The lowest BCUT2D eigenvalue weighted by molar-refractivity contribution is -0.117. The predicted molar refractivity (Wildman–Crippen MR) is 68.5 cm³/mol. The topological polar surface area (TPSA) is 78.4 Å². The van der Waals surface area contributed by atoms with Gasteiger partial charge in [0.25, 0.3) is 5.91 Å². The molecule has 0 saturated carbocycles. The average Bonchev–Trinajstić information content (AvgIpc) is 2.76. The van der Waals surface area contributed by atoms with E-state index in [0.29, 0.717) is 12.0 Å². The molecule has 1 fully saturated rings. The zero-order valence-electron chi connectivity index (χ0n) is 10.3. The maximum atomic E-state index is 11.9. The van der Waals surface area contributed by atoms with E-state index in [1.54, 1.807) is 0 Å². The summed E-state index contributed by atoms with van der Waals surface area (Å²) in [6, 6.07) is 7.39. The maximum absolute atomic E-state index is 11.9. The van der Waals surface area contributed by atoms with Crippen molar-refractivity contribution in [1.29, 1.82) is 0 Å². The number of aliphatic hydroxyl groups is 1. The minimum Gasteiger partial charge on any atom is -0.395 e. The van der Waals surface area contributed by atoms with Crippen LogP contribution in [0.3, 0.4) is 0 Å². The minimum atomic E-state index is -0.467. The van der Waals surface area contributed by atoms with Gasteiger partial charge >= 0.3 is 6.03 Å². The minimum absolute atomic E-state index is 0.0307. The molecule has 1 unspecified atom stereocenters. The summed E-state index contributed by atoms with van der Waals surface area (Å²) < 4.78 is 0. The fourth-order valence-electron chi connectivity index (χ4n) is 2.81. The Balaban J connectivity index is 2.03. The molecule has 0 bridgehead atoms. The van der Waals surface area contributed by atoms with E-state index >= 15 is 0 Å². The van der Waals surface area contributed by atoms with E-state index < -0.39 is 6.03 Å². The summed E-state index contributed by atoms with van der Waals surface area (Å²) in [5.74, 6) is -0.503. The number of rotatable bonds is 1. The van der Waals surface area contributed by atoms with Crippen molar-refractivity contribution in [3.63, 3.8) is 0 Å². The number of aliphatic hydroxyl groups excluding tert-OH is 1. The number of nitrogens with one attached hydrogen (secondary N) is 2. The Hall–Kier alpha value is -2.14. The molecule has 3 amide bonds. The molecule has 98 valence electrons. The average molecular weight is 258 g/mol. The molecule has 3 N–H and O–H groups in total. The Morgan fingerprint density at radius 3 is 2.79 bits per heavy atom. The number of carbonyl (C=O) groups is 2. The van der Waals surface area contributed by atoms with Crippen LogP contribution in [-0.2, 0) is 11.2 Å². The number of hydrogen-bond donors (Lipinski definition) is 3. The summed E-state index contributed by atoms with van der Waals surface area (Å²) >= 11 is 0. The number of imide groups is 1. The number of urea groups is 1. The van der Waals surface area contributed by atoms with Crippen molar-refractivity contribution in [3.05, 3.63) is 46.5 Å². The quantitative estimate of drug-likeness (QED) is 0.640. The molecule has 0 spiro atoms. The van der Waals surface area contributed by atoms with Gasteiger partial charge in [-0.2, -0.15) is 0 Å². The Bertz CT molecular complexity index is 592. The third-order valence-corrected chi connectivity index (χ3v) is 3.73. The summed E-state index contributed by atoms with van der Waals surface area (Å²) in [5, 5.41) is 14.4. The van der Waals surface area contributed by atoms with Crippen molar-refractivity contribution in [2.45, 2.75) is 12.3 Å². The molecule has 1 saturated heterocycles. The first-order chi connectivity index (χ1) is 9.20. The lowest BCUT2D eigenvalue weighted by Gasteiger charge is -2.20. The summed E-state index contributed by atoms with van der Waals surface area (Å²) in [5.41, 5.74) is 3.67. The van der Waals surface area contributed by atoms with Crippen molar-refractivity contribution in [1.82, 2.24) is 10.6 Å². The van der Waals surface area contributed by atoms with Crippen LogP contribution in [0.25, 0.3) is 0 Å². The summed E-state index contributed by atoms with van der Waals surface area (Å²) in [6.07, 6.45) is 0.653. The van der Waals surface area contributed by atoms with E-state index in [0.717, 1.165) is 16.7 Å². The van der Waals surface area contributed by atoms with Crippen LogP contribution < -0.4 is 10.6 Å². The van der Waals surface area contributed by atoms with Gasteiger partial charge < -0.3 is 10.4 Å². The number of fused-ring (bicyclic) bond motifs is 1. The van der Waals surface area contributed by atoms with E-state index in [1.807, 2.05) is 24.3 Å². The number of hydrogen-bond acceptors (Lipinski definition) is 3. The molecule has 3 rings (SSSR count). The van der Waals surface area contributed by atoms with Gasteiger partial charge in [-0.05, 0) is 23.1 Å². The number of benzene rings is 1. The number of carbonyl (C=O) groups excluding carboxylic acids is 2. The maximum Gasteiger partial charge on any atom is 0.321 e. The molecule has 1 aromatic carbocycles. The SMILES string of the molecule is O=C1NCC(=C2Cc3ccccc3C2CO)C(=O)N1. The van der Waals surface area contributed by atoms with Crippen molar-refractivity contribution in [2.24, 2.45) is 0 Å². The zero-order chi connectivity index (χ0) is 13.4. The van der Waals surface area contributed by atoms with Crippen LogP contribution in [0.1, 0.15) is 17.0 Å². The van der Waals surface area contributed by atoms with Crippen molar-refractivity contribution in [2.75, 3.05) is 13.2 Å². The van der Waals surface area contributed by atoms with Crippen LogP contribution in [0, 0.1) is 0 Å². The second kappa shape index (κ2) is 4.51. The van der Waals surface area contributed by atoms with Crippen molar-refractivity contribution < 1.29 is 14.7 Å². The van der Waals surface area contributed by atoms with Crippen LogP contribution in [0.5, 0.6) is 0 Å². The van der Waals surface area contributed by atoms with E-state index in [9.17, 15) is 14.7 Å². The van der Waals surface area contributed by atoms with Gasteiger partial charge in [0.1, 0.15) is 0 Å². The zero-order valence-corrected chi connectivity index (χ0v) is 10.3. The van der Waals surface area contributed by atoms with Gasteiger partial charge in [-0.15, -0.1) is 0 Å². The van der Waals surface area contributed by atoms with E-state index in [-0.39, 0.29) is 25.0 Å². The second-order valence-electron chi connectivity index (χ2n) is 4.75. The smallest absolute Gasteiger partial charge is 0.321 e. The van der Waals surface area contributed by atoms with Crippen LogP contribution in [0.2, 0.25) is 0 Å². The Kier molecular flexibility index (Phi) is 2.83. The first-order valence-corrected chi connectivity index (χ1v) is 6.20. The molecule has 1 heterocycles. The van der Waals surface area contributed by atoms with Gasteiger partial charge in [0.2, 0.25) is 0 Å². The van der Waals surface area contributed by atoms with Crippen LogP contribution >= 0.6 is 0 Å². The highest BCUT2D eigenvalue weighted by atomic mass is 16.3. The van der Waals surface area contributed by atoms with E-state index in [1.165, 1.54) is 0 Å². The highest BCUT2D eigenvalue weighted by Gasteiger charge is 2.32. The fraction of sp³-hybridized carbons (Fsp3) is 0.286. The lowest BCUT2D eigenvalue weighted by atomic mass is 9.93. The molecule has 0 radical (unpaired) electrons. The first kappa shape index (κ1) is 11.9. The molecule has 2 aliphatic rings. The molecule has 1 aliphatic heterocycles. The largest absolute Gasteiger partial charge is 0.395 e. The van der Waals surface area contributed by atoms with Gasteiger partial charge in [0.15, 0.2) is 0 Å². The first-order valence-electron chi connectivity index (χ1n) is 6.20. The summed E-state index contributed by atoms with van der Waals surface area (Å²) in [7, 11) is 0. The van der Waals surface area contributed by atoms with Crippen LogP contribution in [0.15, 0.2) is 35.4 Å². The standard InChI is InChI=1S/C14H14N2O3/c17-7-12-9-4-2-1-3-8(9)5-10(12)11-6-15-14(19)16-13(11)18/h1-4,12,17H,5-7H2,(H2,15,16,18,19). The van der Waals surface area contributed by atoms with Crippen molar-refractivity contribution >= 4 is 11.9 Å². The third kappa shape index (κ3) is 1.92. The highest BCUT2D eigenvalue weighted by Crippen LogP contribution is 2.38. The predicted octanol–water partition coefficient (Wildman–Crippen LogP) is 0.455. The second-order valence-corrected chi connectivity index (χ2v) is 4.75. The summed E-state index contributed by atoms with van der Waals surface area (Å²) in [4.78, 5) is 23.0. The lowest BCUT2D eigenvalue weighted by Crippen LogP contribution is -2.48. The third-order valence-electron chi connectivity index (χ3n) is 3.73. The van der Waals surface area contributed by atoms with Crippen molar-refractivity contribution in [3.8, 4) is 0 Å². The summed E-state index contributed by atoms with van der Waals surface area (Å²) in [6.45, 7) is 0.196.